The topological polar surface area (TPSA) is 89.3 Å². The molecule has 0 unspecified atom stereocenters. The van der Waals surface area contributed by atoms with E-state index in [1.165, 1.54) is 12.1 Å². The van der Waals surface area contributed by atoms with E-state index in [-0.39, 0.29) is 9.90 Å². The molecule has 3 rings (SSSR count). The van der Waals surface area contributed by atoms with E-state index in [1.807, 2.05) is 0 Å². The summed E-state index contributed by atoms with van der Waals surface area (Å²) >= 11 is 4.35. The van der Waals surface area contributed by atoms with Gasteiger partial charge in [0, 0.05) is 11.8 Å². The smallest absolute Gasteiger partial charge is 0.277 e. The summed E-state index contributed by atoms with van der Waals surface area (Å²) in [6, 6.07) is 16.0. The number of thiophene rings is 1. The van der Waals surface area contributed by atoms with Crippen molar-refractivity contribution >= 4 is 48.7 Å². The van der Waals surface area contributed by atoms with Gasteiger partial charge < -0.3 is 0 Å². The van der Waals surface area contributed by atoms with E-state index in [2.05, 4.69) is 20.7 Å². The van der Waals surface area contributed by atoms with Gasteiger partial charge in [-0.1, -0.05) is 24.3 Å². The summed E-state index contributed by atoms with van der Waals surface area (Å²) in [5, 5.41) is 11.1. The van der Waals surface area contributed by atoms with Crippen molar-refractivity contribution in [3.8, 4) is 11.1 Å². The Hall–Kier alpha value is -2.23. The molecule has 0 saturated heterocycles. The predicted molar refractivity (Wildman–Crippen MR) is 101 cm³/mol. The van der Waals surface area contributed by atoms with E-state index in [1.54, 1.807) is 48.5 Å². The Kier molecular flexibility index (Phi) is 4.89. The van der Waals surface area contributed by atoms with E-state index in [0.29, 0.717) is 16.8 Å². The van der Waals surface area contributed by atoms with Gasteiger partial charge in [0.25, 0.3) is 15.7 Å². The Bertz CT molecular complexity index is 1030. The Morgan fingerprint density at radius 3 is 2.28 bits per heavy atom. The van der Waals surface area contributed by atoms with Crippen molar-refractivity contribution in [2.45, 2.75) is 4.21 Å². The number of benzene rings is 2. The number of rotatable bonds is 5. The van der Waals surface area contributed by atoms with Gasteiger partial charge in [-0.25, -0.2) is 8.42 Å². The first-order valence-electron chi connectivity index (χ1n) is 6.99. The number of anilines is 1. The highest BCUT2D eigenvalue weighted by atomic mass is 79.9. The molecule has 1 heterocycles. The van der Waals surface area contributed by atoms with Gasteiger partial charge in [0.2, 0.25) is 0 Å². The van der Waals surface area contributed by atoms with Crippen LogP contribution in [0.5, 0.6) is 0 Å². The Morgan fingerprint density at radius 1 is 1.00 bits per heavy atom. The third kappa shape index (κ3) is 3.89. The summed E-state index contributed by atoms with van der Waals surface area (Å²) in [6.45, 7) is 0. The van der Waals surface area contributed by atoms with Gasteiger partial charge in [-0.2, -0.15) is 0 Å². The van der Waals surface area contributed by atoms with Crippen molar-refractivity contribution in [3.63, 3.8) is 0 Å². The zero-order chi connectivity index (χ0) is 18.0. The lowest BCUT2D eigenvalue weighted by molar-refractivity contribution is -0.384. The van der Waals surface area contributed by atoms with E-state index in [4.69, 9.17) is 0 Å². The van der Waals surface area contributed by atoms with Crippen LogP contribution in [-0.4, -0.2) is 13.3 Å². The SMILES string of the molecule is O=[N+]([O-])c1ccccc1-c1ccc(NS(=O)(=O)c2ccc(Br)s2)cc1. The average molecular weight is 439 g/mol. The fourth-order valence-corrected chi connectivity index (χ4v) is 5.31. The minimum Gasteiger partial charge on any atom is -0.279 e. The molecule has 0 spiro atoms. The maximum absolute atomic E-state index is 12.3. The second-order valence-corrected chi connectivity index (χ2v) is 9.39. The van der Waals surface area contributed by atoms with Crippen LogP contribution >= 0.6 is 27.3 Å². The number of nitrogens with one attached hydrogen (secondary N) is 1. The number of nitrogens with zero attached hydrogens (tertiary/aromatic N) is 1. The van der Waals surface area contributed by atoms with Gasteiger partial charge in [0.05, 0.1) is 14.3 Å². The Labute approximate surface area is 156 Å². The van der Waals surface area contributed by atoms with Crippen LogP contribution in [0.15, 0.2) is 68.7 Å². The molecule has 0 fully saturated rings. The lowest BCUT2D eigenvalue weighted by atomic mass is 10.0. The molecule has 0 bridgehead atoms. The second-order valence-electron chi connectivity index (χ2n) is 5.02. The molecule has 0 saturated carbocycles. The van der Waals surface area contributed by atoms with Crippen LogP contribution in [0.1, 0.15) is 0 Å². The number of para-hydroxylation sites is 1. The van der Waals surface area contributed by atoms with Gasteiger partial charge in [0.1, 0.15) is 4.21 Å². The number of halogens is 1. The van der Waals surface area contributed by atoms with Crippen molar-refractivity contribution in [2.75, 3.05) is 4.72 Å². The highest BCUT2D eigenvalue weighted by molar-refractivity contribution is 9.11. The predicted octanol–water partition coefficient (Wildman–Crippen LogP) is 4.89. The summed E-state index contributed by atoms with van der Waals surface area (Å²) in [7, 11) is -3.66. The van der Waals surface area contributed by atoms with Crippen LogP contribution in [0.3, 0.4) is 0 Å². The first-order valence-corrected chi connectivity index (χ1v) is 10.1. The van der Waals surface area contributed by atoms with E-state index < -0.39 is 14.9 Å². The lowest BCUT2D eigenvalue weighted by Gasteiger charge is -2.08. The van der Waals surface area contributed by atoms with E-state index in [0.717, 1.165) is 15.1 Å². The molecule has 0 aliphatic heterocycles. The van der Waals surface area contributed by atoms with Gasteiger partial charge in [-0.3, -0.25) is 14.8 Å². The second kappa shape index (κ2) is 6.95. The highest BCUT2D eigenvalue weighted by Crippen LogP contribution is 2.31. The molecule has 3 aromatic rings. The van der Waals surface area contributed by atoms with Gasteiger partial charge in [-0.15, -0.1) is 11.3 Å². The minimum absolute atomic E-state index is 0.000679. The molecule has 0 aliphatic carbocycles. The van der Waals surface area contributed by atoms with Crippen molar-refractivity contribution in [2.24, 2.45) is 0 Å². The molecule has 6 nitrogen and oxygen atoms in total. The van der Waals surface area contributed by atoms with Crippen molar-refractivity contribution in [1.29, 1.82) is 0 Å². The van der Waals surface area contributed by atoms with Crippen LogP contribution in [0, 0.1) is 10.1 Å². The summed E-state index contributed by atoms with van der Waals surface area (Å²) < 4.78 is 28.0. The molecule has 0 atom stereocenters. The van der Waals surface area contributed by atoms with E-state index in [9.17, 15) is 18.5 Å². The largest absolute Gasteiger partial charge is 0.279 e. The van der Waals surface area contributed by atoms with Crippen molar-refractivity contribution < 1.29 is 13.3 Å². The molecule has 9 heteroatoms. The van der Waals surface area contributed by atoms with Crippen LogP contribution < -0.4 is 4.72 Å². The van der Waals surface area contributed by atoms with Crippen LogP contribution in [0.25, 0.3) is 11.1 Å². The normalized spacial score (nSPS) is 11.2. The minimum atomic E-state index is -3.66. The zero-order valence-electron chi connectivity index (χ0n) is 12.5. The molecular weight excluding hydrogens is 428 g/mol. The third-order valence-corrected chi connectivity index (χ3v) is 6.86. The van der Waals surface area contributed by atoms with Crippen molar-refractivity contribution in [3.05, 3.63) is 74.6 Å². The molecule has 0 amide bonds. The number of sulfonamides is 1. The van der Waals surface area contributed by atoms with Gasteiger partial charge >= 0.3 is 0 Å². The lowest BCUT2D eigenvalue weighted by Crippen LogP contribution is -2.11. The summed E-state index contributed by atoms with van der Waals surface area (Å²) in [5.74, 6) is 0. The van der Waals surface area contributed by atoms with Crippen LogP contribution in [-0.2, 0) is 10.0 Å². The first kappa shape index (κ1) is 17.6. The maximum Gasteiger partial charge on any atom is 0.277 e. The molecule has 1 aromatic heterocycles. The summed E-state index contributed by atoms with van der Waals surface area (Å²) in [5.41, 5.74) is 1.49. The molecule has 25 heavy (non-hydrogen) atoms. The Balaban J connectivity index is 1.88. The van der Waals surface area contributed by atoms with E-state index >= 15 is 0 Å². The number of hydrogen-bond acceptors (Lipinski definition) is 5. The first-order chi connectivity index (χ1) is 11.9. The summed E-state index contributed by atoms with van der Waals surface area (Å²) in [6.07, 6.45) is 0. The Morgan fingerprint density at radius 2 is 1.68 bits per heavy atom. The molecule has 1 N–H and O–H groups in total. The quantitative estimate of drug-likeness (QED) is 0.453. The summed E-state index contributed by atoms with van der Waals surface area (Å²) in [4.78, 5) is 10.7. The fourth-order valence-electron chi connectivity index (χ4n) is 2.24. The number of nitro groups is 1. The number of hydrogen-bond donors (Lipinski definition) is 1. The monoisotopic (exact) mass is 438 g/mol. The zero-order valence-corrected chi connectivity index (χ0v) is 15.8. The molecular formula is C16H11BrN2O4S2. The van der Waals surface area contributed by atoms with Gasteiger partial charge in [0.15, 0.2) is 0 Å². The fraction of sp³-hybridized carbons (Fsp3) is 0. The maximum atomic E-state index is 12.3. The van der Waals surface area contributed by atoms with Gasteiger partial charge in [-0.05, 0) is 51.8 Å². The molecule has 2 aromatic carbocycles. The van der Waals surface area contributed by atoms with Crippen LogP contribution in [0.2, 0.25) is 0 Å². The van der Waals surface area contributed by atoms with Crippen molar-refractivity contribution in [1.82, 2.24) is 0 Å². The average Bonchev–Trinajstić information content (AvgIpc) is 3.03. The molecule has 128 valence electrons. The standard InChI is InChI=1S/C16H11BrN2O4S2/c17-15-9-10-16(24-15)25(22,23)18-12-7-5-11(6-8-12)13-3-1-2-4-14(13)19(20)21/h1-10,18H. The highest BCUT2D eigenvalue weighted by Gasteiger charge is 2.17. The third-order valence-electron chi connectivity index (χ3n) is 3.36. The number of nitro benzene ring substituents is 1. The van der Waals surface area contributed by atoms with Crippen LogP contribution in [0.4, 0.5) is 11.4 Å². The molecule has 0 radical (unpaired) electrons. The molecule has 0 aliphatic rings.